The molecule has 0 saturated heterocycles. The van der Waals surface area contributed by atoms with Crippen molar-refractivity contribution in [2.24, 2.45) is 0 Å². The number of carbonyl (C=O) groups excluding carboxylic acids is 1. The van der Waals surface area contributed by atoms with Crippen LogP contribution >= 0.6 is 0 Å². The molecular formula is C12H15N5O. The number of carbonyl (C=O) groups is 1. The average molecular weight is 245 g/mol. The molecule has 94 valence electrons. The predicted molar refractivity (Wildman–Crippen MR) is 67.0 cm³/mol. The minimum atomic E-state index is -0.0869. The van der Waals surface area contributed by atoms with E-state index in [4.69, 9.17) is 0 Å². The van der Waals surface area contributed by atoms with Gasteiger partial charge in [0.1, 0.15) is 18.5 Å². The van der Waals surface area contributed by atoms with Crippen molar-refractivity contribution in [3.8, 4) is 0 Å². The normalized spacial score (nSPS) is 12.1. The van der Waals surface area contributed by atoms with Crippen LogP contribution in [0.15, 0.2) is 31.0 Å². The van der Waals surface area contributed by atoms with Gasteiger partial charge in [0, 0.05) is 12.6 Å². The van der Waals surface area contributed by atoms with E-state index in [1.165, 1.54) is 6.33 Å². The third-order valence-electron chi connectivity index (χ3n) is 2.55. The number of hydrogen-bond donors (Lipinski definition) is 1. The molecule has 1 N–H and O–H groups in total. The molecule has 0 saturated carbocycles. The highest BCUT2D eigenvalue weighted by Gasteiger charge is 2.11. The smallest absolute Gasteiger partial charge is 0.227 e. The van der Waals surface area contributed by atoms with Crippen molar-refractivity contribution in [2.45, 2.75) is 26.3 Å². The Labute approximate surface area is 105 Å². The molecule has 0 aliphatic heterocycles. The average Bonchev–Trinajstić information content (AvgIpc) is 2.81. The molecule has 6 nitrogen and oxygen atoms in total. The van der Waals surface area contributed by atoms with Crippen molar-refractivity contribution in [1.82, 2.24) is 19.7 Å². The Hall–Kier alpha value is -2.24. The van der Waals surface area contributed by atoms with Crippen molar-refractivity contribution >= 4 is 11.7 Å². The number of amides is 1. The molecule has 0 aliphatic rings. The zero-order valence-corrected chi connectivity index (χ0v) is 10.4. The number of nitrogens with zero attached hydrogens (tertiary/aromatic N) is 4. The third-order valence-corrected chi connectivity index (χ3v) is 2.55. The van der Waals surface area contributed by atoms with E-state index in [2.05, 4.69) is 20.4 Å². The van der Waals surface area contributed by atoms with E-state index in [1.807, 2.05) is 26.0 Å². The molecule has 2 rings (SSSR count). The molecule has 1 atom stereocenters. The Balaban J connectivity index is 1.93. The summed E-state index contributed by atoms with van der Waals surface area (Å²) in [4.78, 5) is 19.8. The lowest BCUT2D eigenvalue weighted by Gasteiger charge is -2.11. The second kappa shape index (κ2) is 5.39. The van der Waals surface area contributed by atoms with Crippen LogP contribution in [-0.2, 0) is 4.79 Å². The summed E-state index contributed by atoms with van der Waals surface area (Å²) in [7, 11) is 0. The lowest BCUT2D eigenvalue weighted by molar-refractivity contribution is -0.116. The first-order chi connectivity index (χ1) is 8.65. The van der Waals surface area contributed by atoms with Gasteiger partial charge in [0.25, 0.3) is 0 Å². The van der Waals surface area contributed by atoms with Gasteiger partial charge >= 0.3 is 0 Å². The van der Waals surface area contributed by atoms with E-state index in [1.54, 1.807) is 17.2 Å². The fourth-order valence-electron chi connectivity index (χ4n) is 1.61. The minimum absolute atomic E-state index is 0.0303. The molecule has 0 fully saturated rings. The molecule has 0 aromatic carbocycles. The van der Waals surface area contributed by atoms with Crippen LogP contribution < -0.4 is 5.32 Å². The van der Waals surface area contributed by atoms with Crippen LogP contribution in [0.3, 0.4) is 0 Å². The van der Waals surface area contributed by atoms with Crippen LogP contribution in [0.4, 0.5) is 5.82 Å². The molecule has 0 bridgehead atoms. The summed E-state index contributed by atoms with van der Waals surface area (Å²) in [5.41, 5.74) is 1.06. The van der Waals surface area contributed by atoms with Crippen molar-refractivity contribution in [3.63, 3.8) is 0 Å². The lowest BCUT2D eigenvalue weighted by atomic mass is 10.2. The lowest BCUT2D eigenvalue weighted by Crippen LogP contribution is -2.18. The summed E-state index contributed by atoms with van der Waals surface area (Å²) < 4.78 is 1.66. The van der Waals surface area contributed by atoms with E-state index >= 15 is 0 Å². The third kappa shape index (κ3) is 3.13. The number of aromatic nitrogens is 4. The Morgan fingerprint density at radius 2 is 2.39 bits per heavy atom. The first-order valence-electron chi connectivity index (χ1n) is 5.72. The number of hydrogen-bond acceptors (Lipinski definition) is 4. The van der Waals surface area contributed by atoms with E-state index in [-0.39, 0.29) is 11.9 Å². The van der Waals surface area contributed by atoms with Crippen molar-refractivity contribution in [1.29, 1.82) is 0 Å². The Morgan fingerprint density at radius 3 is 3.06 bits per heavy atom. The fraction of sp³-hybridized carbons (Fsp3) is 0.333. The van der Waals surface area contributed by atoms with Gasteiger partial charge in [-0.2, -0.15) is 5.10 Å². The summed E-state index contributed by atoms with van der Waals surface area (Å²) in [6.45, 7) is 3.87. The SMILES string of the molecule is Cc1ccnc(NC(=O)C[C@H](C)n2cncn2)c1. The molecule has 18 heavy (non-hydrogen) atoms. The van der Waals surface area contributed by atoms with Crippen LogP contribution in [0, 0.1) is 6.92 Å². The highest BCUT2D eigenvalue weighted by molar-refractivity contribution is 5.90. The van der Waals surface area contributed by atoms with Gasteiger partial charge in [-0.1, -0.05) is 0 Å². The van der Waals surface area contributed by atoms with Gasteiger partial charge in [-0.25, -0.2) is 14.6 Å². The van der Waals surface area contributed by atoms with Crippen LogP contribution in [-0.4, -0.2) is 25.7 Å². The summed E-state index contributed by atoms with van der Waals surface area (Å²) in [6.07, 6.45) is 5.06. The number of anilines is 1. The summed E-state index contributed by atoms with van der Waals surface area (Å²) in [5, 5.41) is 6.76. The second-order valence-corrected chi connectivity index (χ2v) is 4.20. The topological polar surface area (TPSA) is 72.7 Å². The minimum Gasteiger partial charge on any atom is -0.311 e. The molecule has 0 aliphatic carbocycles. The maximum Gasteiger partial charge on any atom is 0.227 e. The summed E-state index contributed by atoms with van der Waals surface area (Å²) in [5.74, 6) is 0.488. The Bertz CT molecular complexity index is 523. The molecule has 0 radical (unpaired) electrons. The largest absolute Gasteiger partial charge is 0.311 e. The fourth-order valence-corrected chi connectivity index (χ4v) is 1.61. The molecule has 0 unspecified atom stereocenters. The van der Waals surface area contributed by atoms with Crippen LogP contribution in [0.1, 0.15) is 24.9 Å². The number of rotatable bonds is 4. The van der Waals surface area contributed by atoms with E-state index < -0.39 is 0 Å². The van der Waals surface area contributed by atoms with Crippen molar-refractivity contribution in [2.75, 3.05) is 5.32 Å². The summed E-state index contributed by atoms with van der Waals surface area (Å²) >= 11 is 0. The van der Waals surface area contributed by atoms with Gasteiger partial charge in [0.05, 0.1) is 6.04 Å². The molecular weight excluding hydrogens is 230 g/mol. The van der Waals surface area contributed by atoms with E-state index in [0.29, 0.717) is 12.2 Å². The van der Waals surface area contributed by atoms with Gasteiger partial charge < -0.3 is 5.32 Å². The maximum absolute atomic E-state index is 11.8. The van der Waals surface area contributed by atoms with Crippen molar-refractivity contribution in [3.05, 3.63) is 36.5 Å². The molecule has 2 heterocycles. The maximum atomic E-state index is 11.8. The monoisotopic (exact) mass is 245 g/mol. The van der Waals surface area contributed by atoms with E-state index in [9.17, 15) is 4.79 Å². The number of nitrogens with one attached hydrogen (secondary N) is 1. The Kier molecular flexibility index (Phi) is 3.66. The summed E-state index contributed by atoms with van der Waals surface area (Å²) in [6, 6.07) is 3.68. The van der Waals surface area contributed by atoms with Gasteiger partial charge in [-0.3, -0.25) is 4.79 Å². The van der Waals surface area contributed by atoms with Crippen molar-refractivity contribution < 1.29 is 4.79 Å². The molecule has 2 aromatic heterocycles. The van der Waals surface area contributed by atoms with Crippen LogP contribution in [0.25, 0.3) is 0 Å². The van der Waals surface area contributed by atoms with E-state index in [0.717, 1.165) is 5.56 Å². The first-order valence-corrected chi connectivity index (χ1v) is 5.72. The molecule has 6 heteroatoms. The number of aryl methyl sites for hydroxylation is 1. The van der Waals surface area contributed by atoms with Crippen LogP contribution in [0.2, 0.25) is 0 Å². The quantitative estimate of drug-likeness (QED) is 0.887. The first kappa shape index (κ1) is 12.2. The second-order valence-electron chi connectivity index (χ2n) is 4.20. The highest BCUT2D eigenvalue weighted by Crippen LogP contribution is 2.11. The molecule has 2 aromatic rings. The van der Waals surface area contributed by atoms with Gasteiger partial charge in [-0.15, -0.1) is 0 Å². The van der Waals surface area contributed by atoms with Crippen LogP contribution in [0.5, 0.6) is 0 Å². The van der Waals surface area contributed by atoms with Gasteiger partial charge in [0.15, 0.2) is 0 Å². The zero-order valence-electron chi connectivity index (χ0n) is 10.4. The number of pyridine rings is 1. The highest BCUT2D eigenvalue weighted by atomic mass is 16.1. The Morgan fingerprint density at radius 1 is 1.56 bits per heavy atom. The standard InChI is InChI=1S/C12H15N5O/c1-9-3-4-14-11(5-9)16-12(18)6-10(2)17-8-13-7-15-17/h3-5,7-8,10H,6H2,1-2H3,(H,14,16,18)/t10-/m0/s1. The predicted octanol–water partition coefficient (Wildman–Crippen LogP) is 1.57. The van der Waals surface area contributed by atoms with Gasteiger partial charge in [-0.05, 0) is 31.5 Å². The molecule has 1 amide bonds. The molecule has 0 spiro atoms. The zero-order chi connectivity index (χ0) is 13.0. The van der Waals surface area contributed by atoms with Gasteiger partial charge in [0.2, 0.25) is 5.91 Å².